The zero-order valence-corrected chi connectivity index (χ0v) is 21.1. The lowest BCUT2D eigenvalue weighted by atomic mass is 9.79. The van der Waals surface area contributed by atoms with Crippen LogP contribution in [0.1, 0.15) is 10.4 Å². The standard InChI is InChI=1S/C35H26N2O/c1-36-35(38)28-22-23-37-34-32(27-20-12-5-13-21-27)30(25-16-8-3-9-17-25)29(24-14-6-2-7-15-24)31(33(28)34)26-18-10-4-11-19-26/h2-23H,1H3,(H,36,38). The highest BCUT2D eigenvalue weighted by molar-refractivity contribution is 6.22. The predicted molar refractivity (Wildman–Crippen MR) is 157 cm³/mol. The van der Waals surface area contributed by atoms with Crippen molar-refractivity contribution in [3.63, 3.8) is 0 Å². The molecule has 6 rings (SSSR count). The minimum Gasteiger partial charge on any atom is -0.355 e. The molecule has 0 spiro atoms. The van der Waals surface area contributed by atoms with E-state index >= 15 is 0 Å². The van der Waals surface area contributed by atoms with Crippen molar-refractivity contribution in [1.29, 1.82) is 0 Å². The average molecular weight is 491 g/mol. The number of aromatic nitrogens is 1. The van der Waals surface area contributed by atoms with E-state index in [0.717, 1.165) is 55.4 Å². The van der Waals surface area contributed by atoms with Gasteiger partial charge >= 0.3 is 0 Å². The SMILES string of the molecule is CNC(=O)c1ccnc2c(-c3ccccc3)c(-c3ccccc3)c(-c3ccccc3)c(-c3ccccc3)c12. The van der Waals surface area contributed by atoms with Crippen LogP contribution in [0.15, 0.2) is 134 Å². The van der Waals surface area contributed by atoms with E-state index in [1.807, 2.05) is 54.6 Å². The Morgan fingerprint density at radius 3 is 1.37 bits per heavy atom. The van der Waals surface area contributed by atoms with Gasteiger partial charge in [0.05, 0.1) is 11.1 Å². The zero-order chi connectivity index (χ0) is 25.9. The molecule has 1 heterocycles. The quantitative estimate of drug-likeness (QED) is 0.264. The van der Waals surface area contributed by atoms with Crippen molar-refractivity contribution in [3.8, 4) is 44.5 Å². The normalized spacial score (nSPS) is 10.9. The highest BCUT2D eigenvalue weighted by atomic mass is 16.1. The van der Waals surface area contributed by atoms with E-state index in [0.29, 0.717) is 5.56 Å². The monoisotopic (exact) mass is 490 g/mol. The number of hydrogen-bond donors (Lipinski definition) is 1. The summed E-state index contributed by atoms with van der Waals surface area (Å²) in [4.78, 5) is 18.3. The molecule has 3 heteroatoms. The Labute approximate surface area is 222 Å². The molecule has 3 nitrogen and oxygen atoms in total. The molecule has 0 aliphatic rings. The lowest BCUT2D eigenvalue weighted by Gasteiger charge is -2.24. The molecule has 0 unspecified atom stereocenters. The van der Waals surface area contributed by atoms with Gasteiger partial charge in [-0.25, -0.2) is 0 Å². The first kappa shape index (κ1) is 23.4. The molecule has 0 saturated carbocycles. The van der Waals surface area contributed by atoms with Gasteiger partial charge in [0.2, 0.25) is 0 Å². The Morgan fingerprint density at radius 2 is 0.921 bits per heavy atom. The summed E-state index contributed by atoms with van der Waals surface area (Å²) in [6.45, 7) is 0. The third kappa shape index (κ3) is 4.04. The Kier molecular flexibility index (Phi) is 6.25. The first-order valence-corrected chi connectivity index (χ1v) is 12.7. The van der Waals surface area contributed by atoms with Gasteiger partial charge in [-0.3, -0.25) is 9.78 Å². The molecule has 1 amide bonds. The number of fused-ring (bicyclic) bond motifs is 1. The molecule has 0 fully saturated rings. The van der Waals surface area contributed by atoms with Crippen molar-refractivity contribution < 1.29 is 4.79 Å². The summed E-state index contributed by atoms with van der Waals surface area (Å²) in [7, 11) is 1.67. The van der Waals surface area contributed by atoms with Crippen LogP contribution in [-0.2, 0) is 0 Å². The zero-order valence-electron chi connectivity index (χ0n) is 21.1. The van der Waals surface area contributed by atoms with Crippen molar-refractivity contribution in [2.45, 2.75) is 0 Å². The highest BCUT2D eigenvalue weighted by Crippen LogP contribution is 2.50. The molecule has 1 N–H and O–H groups in total. The molecular formula is C35H26N2O. The van der Waals surface area contributed by atoms with Crippen LogP contribution in [0.5, 0.6) is 0 Å². The third-order valence-electron chi connectivity index (χ3n) is 6.91. The van der Waals surface area contributed by atoms with Crippen molar-refractivity contribution in [1.82, 2.24) is 10.3 Å². The van der Waals surface area contributed by atoms with Crippen LogP contribution >= 0.6 is 0 Å². The third-order valence-corrected chi connectivity index (χ3v) is 6.91. The second-order valence-electron chi connectivity index (χ2n) is 9.13. The number of pyridine rings is 1. The fraction of sp³-hybridized carbons (Fsp3) is 0.0286. The molecule has 38 heavy (non-hydrogen) atoms. The lowest BCUT2D eigenvalue weighted by molar-refractivity contribution is 0.0964. The minimum absolute atomic E-state index is 0.139. The van der Waals surface area contributed by atoms with Crippen molar-refractivity contribution >= 4 is 16.8 Å². The Balaban J connectivity index is 1.95. The number of carbonyl (C=O) groups is 1. The number of nitrogens with one attached hydrogen (secondary N) is 1. The molecule has 0 saturated heterocycles. The van der Waals surface area contributed by atoms with Gasteiger partial charge < -0.3 is 5.32 Å². The van der Waals surface area contributed by atoms with Gasteiger partial charge in [0.25, 0.3) is 5.91 Å². The van der Waals surface area contributed by atoms with Gasteiger partial charge in [0.1, 0.15) is 0 Å². The minimum atomic E-state index is -0.139. The van der Waals surface area contributed by atoms with Gasteiger partial charge in [-0.2, -0.15) is 0 Å². The number of hydrogen-bond acceptors (Lipinski definition) is 2. The molecular weight excluding hydrogens is 464 g/mol. The van der Waals surface area contributed by atoms with Gasteiger partial charge in [-0.05, 0) is 33.9 Å². The summed E-state index contributed by atoms with van der Waals surface area (Å²) in [5, 5.41) is 3.69. The summed E-state index contributed by atoms with van der Waals surface area (Å²) in [5.41, 5.74) is 9.84. The van der Waals surface area contributed by atoms with E-state index in [4.69, 9.17) is 4.98 Å². The van der Waals surface area contributed by atoms with E-state index < -0.39 is 0 Å². The smallest absolute Gasteiger partial charge is 0.251 e. The van der Waals surface area contributed by atoms with E-state index in [-0.39, 0.29) is 5.91 Å². The van der Waals surface area contributed by atoms with Crippen LogP contribution in [0.3, 0.4) is 0 Å². The molecule has 0 aliphatic carbocycles. The van der Waals surface area contributed by atoms with Gasteiger partial charge in [0.15, 0.2) is 0 Å². The number of carbonyl (C=O) groups excluding carboxylic acids is 1. The topological polar surface area (TPSA) is 42.0 Å². The molecule has 6 aromatic rings. The number of nitrogens with zero attached hydrogens (tertiary/aromatic N) is 1. The Morgan fingerprint density at radius 1 is 0.526 bits per heavy atom. The maximum Gasteiger partial charge on any atom is 0.251 e. The molecule has 0 aliphatic heterocycles. The Hall–Kier alpha value is -5.02. The molecule has 0 bridgehead atoms. The summed E-state index contributed by atoms with van der Waals surface area (Å²) in [6.07, 6.45) is 1.74. The van der Waals surface area contributed by atoms with Crippen molar-refractivity contribution in [3.05, 3.63) is 139 Å². The van der Waals surface area contributed by atoms with Crippen LogP contribution < -0.4 is 5.32 Å². The molecule has 0 atom stereocenters. The van der Waals surface area contributed by atoms with E-state index in [2.05, 4.69) is 78.1 Å². The highest BCUT2D eigenvalue weighted by Gasteiger charge is 2.27. The molecule has 182 valence electrons. The van der Waals surface area contributed by atoms with Gasteiger partial charge in [-0.1, -0.05) is 121 Å². The van der Waals surface area contributed by atoms with Crippen molar-refractivity contribution in [2.24, 2.45) is 0 Å². The number of rotatable bonds is 5. The van der Waals surface area contributed by atoms with Crippen LogP contribution in [-0.4, -0.2) is 17.9 Å². The lowest BCUT2D eigenvalue weighted by Crippen LogP contribution is -2.18. The van der Waals surface area contributed by atoms with Crippen LogP contribution in [0.4, 0.5) is 0 Å². The second kappa shape index (κ2) is 10.2. The number of benzene rings is 5. The largest absolute Gasteiger partial charge is 0.355 e. The van der Waals surface area contributed by atoms with E-state index in [1.54, 1.807) is 13.2 Å². The van der Waals surface area contributed by atoms with Crippen LogP contribution in [0.2, 0.25) is 0 Å². The molecule has 5 aromatic carbocycles. The van der Waals surface area contributed by atoms with E-state index in [1.165, 1.54) is 0 Å². The van der Waals surface area contributed by atoms with Crippen LogP contribution in [0, 0.1) is 0 Å². The molecule has 0 radical (unpaired) electrons. The summed E-state index contributed by atoms with van der Waals surface area (Å²) in [6, 6.07) is 43.4. The average Bonchev–Trinajstić information content (AvgIpc) is 3.01. The summed E-state index contributed by atoms with van der Waals surface area (Å²) >= 11 is 0. The Bertz CT molecular complexity index is 1730. The second-order valence-corrected chi connectivity index (χ2v) is 9.13. The van der Waals surface area contributed by atoms with Gasteiger partial charge in [-0.15, -0.1) is 0 Å². The maximum absolute atomic E-state index is 13.3. The van der Waals surface area contributed by atoms with Crippen molar-refractivity contribution in [2.75, 3.05) is 7.05 Å². The van der Waals surface area contributed by atoms with Crippen LogP contribution in [0.25, 0.3) is 55.4 Å². The fourth-order valence-electron chi connectivity index (χ4n) is 5.29. The van der Waals surface area contributed by atoms with Gasteiger partial charge in [0, 0.05) is 35.3 Å². The first-order valence-electron chi connectivity index (χ1n) is 12.7. The maximum atomic E-state index is 13.3. The fourth-order valence-corrected chi connectivity index (χ4v) is 5.29. The predicted octanol–water partition coefficient (Wildman–Crippen LogP) is 8.26. The summed E-state index contributed by atoms with van der Waals surface area (Å²) in [5.74, 6) is -0.139. The summed E-state index contributed by atoms with van der Waals surface area (Å²) < 4.78 is 0. The van der Waals surface area contributed by atoms with E-state index in [9.17, 15) is 4.79 Å². The number of amides is 1. The first-order chi connectivity index (χ1) is 18.8. The molecule has 1 aromatic heterocycles.